The number of anilines is 1. The van der Waals surface area contributed by atoms with Crippen LogP contribution in [-0.2, 0) is 0 Å². The molecule has 0 saturated heterocycles. The number of nitrogens with one attached hydrogen (secondary N) is 1. The van der Waals surface area contributed by atoms with Crippen LogP contribution in [-0.4, -0.2) is 21.4 Å². The molecule has 3 rings (SSSR count). The molecule has 1 aliphatic heterocycles. The van der Waals surface area contributed by atoms with Crippen molar-refractivity contribution >= 4 is 33.5 Å². The Labute approximate surface area is 111 Å². The lowest BCUT2D eigenvalue weighted by molar-refractivity contribution is 0.605. The van der Waals surface area contributed by atoms with Crippen LogP contribution < -0.4 is 5.32 Å². The molecular weight excluding hydrogens is 242 g/mol. The third kappa shape index (κ3) is 2.20. The van der Waals surface area contributed by atoms with E-state index in [0.29, 0.717) is 0 Å². The van der Waals surface area contributed by atoms with E-state index in [1.807, 2.05) is 24.4 Å². The zero-order chi connectivity index (χ0) is 12.6. The fourth-order valence-electron chi connectivity index (χ4n) is 1.97. The predicted molar refractivity (Wildman–Crippen MR) is 79.3 cm³/mol. The molecule has 0 radical (unpaired) electrons. The molecule has 4 heteroatoms. The highest BCUT2D eigenvalue weighted by Crippen LogP contribution is 2.29. The highest BCUT2D eigenvalue weighted by Gasteiger charge is 2.25. The number of aliphatic imine (C=N–C) groups is 1. The summed E-state index contributed by atoms with van der Waals surface area (Å²) in [5.41, 5.74) is 2.05. The van der Waals surface area contributed by atoms with Crippen molar-refractivity contribution in [2.75, 3.05) is 11.1 Å². The van der Waals surface area contributed by atoms with Gasteiger partial charge in [0.15, 0.2) is 5.17 Å². The third-order valence-corrected chi connectivity index (χ3v) is 4.16. The number of fused-ring (bicyclic) bond motifs is 1. The fraction of sp³-hybridized carbons (Fsp3) is 0.286. The molecule has 1 aromatic heterocycles. The lowest BCUT2D eigenvalue weighted by atomic mass is 10.1. The van der Waals surface area contributed by atoms with Gasteiger partial charge in [0.05, 0.1) is 16.7 Å². The van der Waals surface area contributed by atoms with Crippen molar-refractivity contribution in [3.05, 3.63) is 36.5 Å². The molecule has 0 saturated carbocycles. The lowest BCUT2D eigenvalue weighted by Crippen LogP contribution is -2.15. The summed E-state index contributed by atoms with van der Waals surface area (Å²) in [5.74, 6) is 1.02. The standard InChI is InChI=1S/C14H15N3S/c1-14(2)9-18-13(17-14)16-11-7-3-5-10-6-4-8-15-12(10)11/h3-8H,9H2,1-2H3,(H,16,17). The Balaban J connectivity index is 1.96. The van der Waals surface area contributed by atoms with Gasteiger partial charge >= 0.3 is 0 Å². The van der Waals surface area contributed by atoms with Crippen LogP contribution in [0.3, 0.4) is 0 Å². The van der Waals surface area contributed by atoms with E-state index in [9.17, 15) is 0 Å². The maximum absolute atomic E-state index is 4.66. The fourth-order valence-corrected chi connectivity index (χ4v) is 3.02. The van der Waals surface area contributed by atoms with E-state index in [4.69, 9.17) is 0 Å². The van der Waals surface area contributed by atoms with E-state index in [1.165, 1.54) is 0 Å². The maximum Gasteiger partial charge on any atom is 0.161 e. The zero-order valence-electron chi connectivity index (χ0n) is 10.5. The van der Waals surface area contributed by atoms with Crippen LogP contribution in [0.2, 0.25) is 0 Å². The van der Waals surface area contributed by atoms with E-state index in [0.717, 1.165) is 27.5 Å². The summed E-state index contributed by atoms with van der Waals surface area (Å²) < 4.78 is 0. The number of rotatable bonds is 1. The Morgan fingerprint density at radius 1 is 1.22 bits per heavy atom. The molecule has 1 aliphatic rings. The normalized spacial score (nSPS) is 17.8. The van der Waals surface area contributed by atoms with Gasteiger partial charge in [-0.25, -0.2) is 0 Å². The van der Waals surface area contributed by atoms with Gasteiger partial charge in [0, 0.05) is 17.3 Å². The first-order valence-electron chi connectivity index (χ1n) is 5.97. The largest absolute Gasteiger partial charge is 0.333 e. The van der Waals surface area contributed by atoms with E-state index < -0.39 is 0 Å². The minimum absolute atomic E-state index is 0.0328. The van der Waals surface area contributed by atoms with Crippen LogP contribution in [0.4, 0.5) is 5.69 Å². The zero-order valence-corrected chi connectivity index (χ0v) is 11.3. The molecule has 3 nitrogen and oxygen atoms in total. The van der Waals surface area contributed by atoms with Crippen LogP contribution in [0.1, 0.15) is 13.8 Å². The molecule has 1 N–H and O–H groups in total. The quantitative estimate of drug-likeness (QED) is 0.849. The molecule has 1 aromatic carbocycles. The third-order valence-electron chi connectivity index (χ3n) is 2.84. The molecule has 2 heterocycles. The summed E-state index contributed by atoms with van der Waals surface area (Å²) in [6.45, 7) is 4.30. The highest BCUT2D eigenvalue weighted by molar-refractivity contribution is 8.14. The van der Waals surface area contributed by atoms with Gasteiger partial charge in [-0.2, -0.15) is 0 Å². The Morgan fingerprint density at radius 3 is 2.83 bits per heavy atom. The van der Waals surface area contributed by atoms with E-state index in [-0.39, 0.29) is 5.54 Å². The van der Waals surface area contributed by atoms with Crippen molar-refractivity contribution in [2.45, 2.75) is 19.4 Å². The highest BCUT2D eigenvalue weighted by atomic mass is 32.2. The van der Waals surface area contributed by atoms with Gasteiger partial charge in [-0.05, 0) is 26.0 Å². The first-order valence-corrected chi connectivity index (χ1v) is 6.96. The monoisotopic (exact) mass is 257 g/mol. The molecule has 0 aliphatic carbocycles. The second kappa shape index (κ2) is 4.28. The Hall–Kier alpha value is -1.55. The van der Waals surface area contributed by atoms with Gasteiger partial charge in [-0.3, -0.25) is 9.98 Å². The molecule has 0 atom stereocenters. The lowest BCUT2D eigenvalue weighted by Gasteiger charge is -2.10. The molecule has 0 amide bonds. The Morgan fingerprint density at radius 2 is 2.06 bits per heavy atom. The van der Waals surface area contributed by atoms with Crippen molar-refractivity contribution in [3.8, 4) is 0 Å². The summed E-state index contributed by atoms with van der Waals surface area (Å²) in [6.07, 6.45) is 1.82. The molecule has 18 heavy (non-hydrogen) atoms. The van der Waals surface area contributed by atoms with Crippen LogP contribution in [0.25, 0.3) is 10.9 Å². The van der Waals surface area contributed by atoms with Crippen LogP contribution in [0.5, 0.6) is 0 Å². The van der Waals surface area contributed by atoms with E-state index >= 15 is 0 Å². The van der Waals surface area contributed by atoms with E-state index in [2.05, 4.69) is 41.3 Å². The summed E-state index contributed by atoms with van der Waals surface area (Å²) >= 11 is 1.76. The summed E-state index contributed by atoms with van der Waals surface area (Å²) in [7, 11) is 0. The van der Waals surface area contributed by atoms with Crippen molar-refractivity contribution in [1.29, 1.82) is 0 Å². The minimum Gasteiger partial charge on any atom is -0.333 e. The average molecular weight is 257 g/mol. The van der Waals surface area contributed by atoms with Crippen molar-refractivity contribution in [2.24, 2.45) is 4.99 Å². The summed E-state index contributed by atoms with van der Waals surface area (Å²) in [5, 5.41) is 5.52. The van der Waals surface area contributed by atoms with Crippen molar-refractivity contribution < 1.29 is 0 Å². The number of hydrogen-bond acceptors (Lipinski definition) is 4. The molecule has 2 aromatic rings. The van der Waals surface area contributed by atoms with Crippen LogP contribution >= 0.6 is 11.8 Å². The SMILES string of the molecule is CC1(C)CSC(Nc2cccc3cccnc23)=N1. The summed E-state index contributed by atoms with van der Waals surface area (Å²) in [6, 6.07) is 10.2. The van der Waals surface area contributed by atoms with Crippen LogP contribution in [0, 0.1) is 0 Å². The van der Waals surface area contributed by atoms with Gasteiger partial charge < -0.3 is 5.32 Å². The topological polar surface area (TPSA) is 37.3 Å². The van der Waals surface area contributed by atoms with Gasteiger partial charge in [0.2, 0.25) is 0 Å². The Kier molecular flexibility index (Phi) is 2.74. The summed E-state index contributed by atoms with van der Waals surface area (Å²) in [4.78, 5) is 9.10. The molecule has 0 unspecified atom stereocenters. The van der Waals surface area contributed by atoms with Gasteiger partial charge in [0.1, 0.15) is 0 Å². The second-order valence-corrected chi connectivity index (χ2v) is 5.99. The maximum atomic E-state index is 4.66. The number of pyridine rings is 1. The number of aromatic nitrogens is 1. The number of nitrogens with zero attached hydrogens (tertiary/aromatic N) is 2. The van der Waals surface area contributed by atoms with Crippen molar-refractivity contribution in [1.82, 2.24) is 4.98 Å². The minimum atomic E-state index is 0.0328. The molecule has 92 valence electrons. The predicted octanol–water partition coefficient (Wildman–Crippen LogP) is 3.53. The number of benzene rings is 1. The molecular formula is C14H15N3S. The number of hydrogen-bond donors (Lipinski definition) is 1. The number of amidine groups is 1. The Bertz CT molecular complexity index is 614. The number of thioether (sulfide) groups is 1. The first kappa shape index (κ1) is 11.5. The van der Waals surface area contributed by atoms with E-state index in [1.54, 1.807) is 11.8 Å². The van der Waals surface area contributed by atoms with Crippen LogP contribution in [0.15, 0.2) is 41.5 Å². The average Bonchev–Trinajstić information content (AvgIpc) is 2.69. The van der Waals surface area contributed by atoms with Gasteiger partial charge in [-0.15, -0.1) is 0 Å². The molecule has 0 bridgehead atoms. The second-order valence-electron chi connectivity index (χ2n) is 5.02. The first-order chi connectivity index (χ1) is 8.64. The molecule has 0 fully saturated rings. The van der Waals surface area contributed by atoms with Crippen molar-refractivity contribution in [3.63, 3.8) is 0 Å². The smallest absolute Gasteiger partial charge is 0.161 e. The van der Waals surface area contributed by atoms with Gasteiger partial charge in [0.25, 0.3) is 0 Å². The van der Waals surface area contributed by atoms with Gasteiger partial charge in [-0.1, -0.05) is 30.0 Å². The number of para-hydroxylation sites is 1. The molecule has 0 spiro atoms.